The van der Waals surface area contributed by atoms with E-state index in [9.17, 15) is 25.1 Å². The number of aromatic nitrogens is 4. The highest BCUT2D eigenvalue weighted by molar-refractivity contribution is 5.95. The van der Waals surface area contributed by atoms with E-state index in [2.05, 4.69) is 49.1 Å². The van der Waals surface area contributed by atoms with Crippen LogP contribution in [0.3, 0.4) is 0 Å². The Kier molecular flexibility index (Phi) is 7.45. The van der Waals surface area contributed by atoms with Gasteiger partial charge in [0.15, 0.2) is 23.2 Å². The Bertz CT molecular complexity index is 1900. The van der Waals surface area contributed by atoms with Crippen LogP contribution in [0, 0.1) is 10.1 Å². The summed E-state index contributed by atoms with van der Waals surface area (Å²) in [5, 5.41) is 44.6. The Balaban J connectivity index is 1.04. The van der Waals surface area contributed by atoms with E-state index in [1.165, 1.54) is 35.4 Å². The third kappa shape index (κ3) is 5.61. The predicted molar refractivity (Wildman–Crippen MR) is 165 cm³/mol. The van der Waals surface area contributed by atoms with Crippen molar-refractivity contribution in [1.29, 1.82) is 0 Å². The number of rotatable bonds is 10. The van der Waals surface area contributed by atoms with E-state index in [4.69, 9.17) is 4.74 Å². The van der Waals surface area contributed by atoms with E-state index < -0.39 is 35.4 Å². The summed E-state index contributed by atoms with van der Waals surface area (Å²) < 4.78 is 7.50. The lowest BCUT2D eigenvalue weighted by Gasteiger charge is -2.17. The molecule has 3 aromatic carbocycles. The molecule has 2 fully saturated rings. The second-order valence-electron chi connectivity index (χ2n) is 11.2. The van der Waals surface area contributed by atoms with Gasteiger partial charge in [0.1, 0.15) is 30.3 Å². The van der Waals surface area contributed by atoms with Gasteiger partial charge in [-0.3, -0.25) is 19.5 Å². The summed E-state index contributed by atoms with van der Waals surface area (Å²) in [6.45, 7) is 0.342. The van der Waals surface area contributed by atoms with E-state index in [-0.39, 0.29) is 23.8 Å². The molecular weight excluding hydrogens is 580 g/mol. The average molecular weight is 611 g/mol. The first-order valence-corrected chi connectivity index (χ1v) is 14.6. The van der Waals surface area contributed by atoms with Gasteiger partial charge in [0, 0.05) is 30.8 Å². The fraction of sp³-hybridized carbons (Fsp3) is 0.290. The number of nitro benzene ring substituents is 1. The number of fused-ring (bicyclic) bond motifs is 2. The van der Waals surface area contributed by atoms with E-state index in [0.717, 1.165) is 29.2 Å². The number of carbonyl (C=O) groups is 1. The largest absolute Gasteiger partial charge is 0.387 e. The first-order chi connectivity index (χ1) is 21.9. The van der Waals surface area contributed by atoms with Crippen LogP contribution in [0.5, 0.6) is 0 Å². The number of nitro groups is 1. The Morgan fingerprint density at radius 3 is 2.69 bits per heavy atom. The smallest absolute Gasteiger partial charge is 0.293 e. The van der Waals surface area contributed by atoms with Gasteiger partial charge in [-0.05, 0) is 41.3 Å². The van der Waals surface area contributed by atoms with Gasteiger partial charge in [-0.15, -0.1) is 0 Å². The van der Waals surface area contributed by atoms with Crippen molar-refractivity contribution in [1.82, 2.24) is 24.8 Å². The molecule has 4 atom stereocenters. The molecule has 230 valence electrons. The molecule has 45 heavy (non-hydrogen) atoms. The van der Waals surface area contributed by atoms with Crippen LogP contribution in [0.25, 0.3) is 21.9 Å². The number of hydrogen-bond donors (Lipinski definition) is 5. The van der Waals surface area contributed by atoms with E-state index in [1.54, 1.807) is 0 Å². The molecule has 1 amide bonds. The van der Waals surface area contributed by atoms with Crippen molar-refractivity contribution in [3.63, 3.8) is 0 Å². The Morgan fingerprint density at radius 2 is 1.87 bits per heavy atom. The summed E-state index contributed by atoms with van der Waals surface area (Å²) in [4.78, 5) is 37.1. The molecule has 7 rings (SSSR count). The summed E-state index contributed by atoms with van der Waals surface area (Å²) in [7, 11) is 0. The molecule has 14 nitrogen and oxygen atoms in total. The zero-order valence-corrected chi connectivity index (χ0v) is 23.9. The second-order valence-corrected chi connectivity index (χ2v) is 11.2. The van der Waals surface area contributed by atoms with Gasteiger partial charge < -0.3 is 30.9 Å². The Morgan fingerprint density at radius 1 is 1.04 bits per heavy atom. The van der Waals surface area contributed by atoms with Gasteiger partial charge in [0.05, 0.1) is 11.3 Å². The molecule has 3 heterocycles. The summed E-state index contributed by atoms with van der Waals surface area (Å²) in [5.41, 5.74) is 2.19. The van der Waals surface area contributed by atoms with Gasteiger partial charge >= 0.3 is 0 Å². The van der Waals surface area contributed by atoms with Crippen molar-refractivity contribution in [3.05, 3.63) is 94.6 Å². The highest BCUT2D eigenvalue weighted by Gasteiger charge is 2.44. The van der Waals surface area contributed by atoms with Crippen LogP contribution in [-0.4, -0.2) is 71.5 Å². The molecular formula is C31H30N8O6. The predicted octanol–water partition coefficient (Wildman–Crippen LogP) is 3.12. The number of nitrogens with one attached hydrogen (secondary N) is 3. The molecule has 1 aliphatic heterocycles. The van der Waals surface area contributed by atoms with Crippen LogP contribution in [0.15, 0.2) is 73.3 Å². The zero-order chi connectivity index (χ0) is 31.1. The van der Waals surface area contributed by atoms with Crippen LogP contribution in [0.4, 0.5) is 17.2 Å². The maximum absolute atomic E-state index is 12.9. The Hall–Kier alpha value is -5.18. The number of aliphatic hydroxyl groups is 2. The fourth-order valence-electron chi connectivity index (χ4n) is 5.61. The van der Waals surface area contributed by atoms with Gasteiger partial charge in [0.25, 0.3) is 11.6 Å². The number of amides is 1. The topological polar surface area (TPSA) is 190 Å². The second kappa shape index (κ2) is 11.7. The van der Waals surface area contributed by atoms with Crippen molar-refractivity contribution in [2.75, 3.05) is 17.2 Å². The third-order valence-electron chi connectivity index (χ3n) is 8.15. The molecule has 1 saturated heterocycles. The molecule has 0 radical (unpaired) electrons. The lowest BCUT2D eigenvalue weighted by Crippen LogP contribution is -2.39. The van der Waals surface area contributed by atoms with Gasteiger partial charge in [-0.25, -0.2) is 15.0 Å². The van der Waals surface area contributed by atoms with E-state index >= 15 is 0 Å². The first kappa shape index (κ1) is 28.6. The molecule has 14 heteroatoms. The quantitative estimate of drug-likeness (QED) is 0.115. The van der Waals surface area contributed by atoms with Crippen LogP contribution >= 0.6 is 0 Å². The van der Waals surface area contributed by atoms with Crippen molar-refractivity contribution < 1.29 is 24.7 Å². The fourth-order valence-corrected chi connectivity index (χ4v) is 5.61. The average Bonchev–Trinajstić information content (AvgIpc) is 3.70. The minimum absolute atomic E-state index is 0.0912. The molecule has 2 aromatic heterocycles. The van der Waals surface area contributed by atoms with E-state index in [0.29, 0.717) is 29.2 Å². The normalized spacial score (nSPS) is 21.2. The van der Waals surface area contributed by atoms with Crippen LogP contribution < -0.4 is 16.0 Å². The molecule has 1 saturated carbocycles. The molecule has 0 unspecified atom stereocenters. The van der Waals surface area contributed by atoms with Crippen molar-refractivity contribution in [2.45, 2.75) is 50.0 Å². The number of ether oxygens (including phenoxy) is 1. The summed E-state index contributed by atoms with van der Waals surface area (Å²) >= 11 is 0. The summed E-state index contributed by atoms with van der Waals surface area (Å²) in [6.07, 6.45) is 0.0401. The highest BCUT2D eigenvalue weighted by Crippen LogP contribution is 2.33. The maximum Gasteiger partial charge on any atom is 0.293 e. The minimum atomic E-state index is -1.35. The molecule has 1 aliphatic carbocycles. The number of benzene rings is 3. The lowest BCUT2D eigenvalue weighted by atomic mass is 10.0. The van der Waals surface area contributed by atoms with Crippen molar-refractivity contribution in [3.8, 4) is 0 Å². The molecule has 5 N–H and O–H groups in total. The van der Waals surface area contributed by atoms with Crippen molar-refractivity contribution in [2.24, 2.45) is 0 Å². The monoisotopic (exact) mass is 610 g/mol. The molecule has 5 aromatic rings. The van der Waals surface area contributed by atoms with Gasteiger partial charge in [-0.1, -0.05) is 42.5 Å². The third-order valence-corrected chi connectivity index (χ3v) is 8.15. The highest BCUT2D eigenvalue weighted by atomic mass is 16.6. The summed E-state index contributed by atoms with van der Waals surface area (Å²) in [5.74, 6) is -0.0801. The Labute approximate surface area is 256 Å². The van der Waals surface area contributed by atoms with Crippen LogP contribution in [0.1, 0.15) is 35.0 Å². The van der Waals surface area contributed by atoms with E-state index in [1.807, 2.05) is 24.3 Å². The number of aliphatic hydroxyl groups excluding tert-OH is 2. The minimum Gasteiger partial charge on any atom is -0.387 e. The maximum atomic E-state index is 12.9. The number of nitrogens with zero attached hydrogens (tertiary/aromatic N) is 5. The summed E-state index contributed by atoms with van der Waals surface area (Å²) in [6, 6.07) is 18.6. The standard InChI is InChI=1S/C31H30N8O6/c40-26-24(14-33-30(42)18-8-11-22(37-20-9-10-20)23(12-18)39(43)44)45-31(27(26)41)38-16-36-25-28(34-15-35-29(25)38)32-13-19-6-3-5-17-4-1-2-7-21(17)19/h1-8,11-12,15-16,20,24,26-27,31,37,40-41H,9-10,13-14H2,(H,33,42)(H,32,34,35)/t24-,26-,27-,31-/m1/s1. The number of anilines is 2. The van der Waals surface area contributed by atoms with Gasteiger partial charge in [-0.2, -0.15) is 0 Å². The van der Waals surface area contributed by atoms with Gasteiger partial charge in [0.2, 0.25) is 0 Å². The zero-order valence-electron chi connectivity index (χ0n) is 23.9. The SMILES string of the molecule is O=C(NC[C@H]1O[C@@H](n2cnc3c(NCc4cccc5ccccc45)ncnc32)[C@H](O)[C@@H]1O)c1ccc(NC2CC2)c([N+](=O)[O-])c1. The first-order valence-electron chi connectivity index (χ1n) is 14.6. The van der Waals surface area contributed by atoms with Crippen molar-refractivity contribution >= 4 is 45.0 Å². The molecule has 0 bridgehead atoms. The number of hydrogen-bond acceptors (Lipinski definition) is 11. The van der Waals surface area contributed by atoms with Crippen LogP contribution in [0.2, 0.25) is 0 Å². The lowest BCUT2D eigenvalue weighted by molar-refractivity contribution is -0.384. The molecule has 0 spiro atoms. The molecule has 2 aliphatic rings. The van der Waals surface area contributed by atoms with Crippen LogP contribution in [-0.2, 0) is 11.3 Å². The number of carbonyl (C=O) groups excluding carboxylic acids is 1. The number of imidazole rings is 1.